The number of hydrogen-bond donors (Lipinski definition) is 1. The molecule has 0 aliphatic carbocycles. The van der Waals surface area contributed by atoms with Gasteiger partial charge in [0.25, 0.3) is 5.56 Å². The van der Waals surface area contributed by atoms with Crippen LogP contribution in [0.2, 0.25) is 0 Å². The van der Waals surface area contributed by atoms with E-state index in [1.165, 1.54) is 33.6 Å². The molecule has 0 atom stereocenters. The van der Waals surface area contributed by atoms with Crippen molar-refractivity contribution in [2.75, 3.05) is 11.9 Å². The number of nitrogens with one attached hydrogen (secondary N) is 1. The number of benzene rings is 2. The molecule has 0 radical (unpaired) electrons. The third-order valence-corrected chi connectivity index (χ3v) is 7.76. The number of thiophene rings is 2. The van der Waals surface area contributed by atoms with Crippen LogP contribution < -0.4 is 10.9 Å². The average Bonchev–Trinajstić information content (AvgIpc) is 3.52. The number of aryl methyl sites for hydroxylation is 1. The summed E-state index contributed by atoms with van der Waals surface area (Å²) in [6.45, 7) is 3.69. The summed E-state index contributed by atoms with van der Waals surface area (Å²) in [5, 5.41) is 5.46. The fourth-order valence-corrected chi connectivity index (χ4v) is 5.91. The number of amides is 1. The molecule has 0 saturated heterocycles. The summed E-state index contributed by atoms with van der Waals surface area (Å²) in [5.74, 6) is -0.953. The van der Waals surface area contributed by atoms with E-state index in [9.17, 15) is 14.4 Å². The Morgan fingerprint density at radius 2 is 1.81 bits per heavy atom. The summed E-state index contributed by atoms with van der Waals surface area (Å²) in [5.41, 5.74) is 3.64. The van der Waals surface area contributed by atoms with Crippen LogP contribution in [0.15, 0.2) is 77.2 Å². The average molecular weight is 530 g/mol. The molecule has 0 fully saturated rings. The normalized spacial score (nSPS) is 11.0. The van der Waals surface area contributed by atoms with Gasteiger partial charge in [-0.05, 0) is 31.0 Å². The van der Waals surface area contributed by atoms with Crippen LogP contribution in [0.25, 0.3) is 31.8 Å². The molecule has 0 aliphatic rings. The van der Waals surface area contributed by atoms with Crippen molar-refractivity contribution in [3.8, 4) is 21.6 Å². The van der Waals surface area contributed by atoms with Crippen molar-refractivity contribution in [1.29, 1.82) is 0 Å². The molecule has 1 amide bonds. The smallest absolute Gasteiger partial charge is 0.341 e. The molecule has 186 valence electrons. The fourth-order valence-electron chi connectivity index (χ4n) is 3.94. The molecular formula is C28H23N3O4S2. The van der Waals surface area contributed by atoms with Crippen LogP contribution in [0.3, 0.4) is 0 Å². The Hall–Kier alpha value is -4.08. The van der Waals surface area contributed by atoms with Crippen molar-refractivity contribution in [1.82, 2.24) is 9.55 Å². The van der Waals surface area contributed by atoms with Gasteiger partial charge in [-0.15, -0.1) is 22.7 Å². The van der Waals surface area contributed by atoms with Gasteiger partial charge in [0.1, 0.15) is 21.9 Å². The van der Waals surface area contributed by atoms with E-state index in [-0.39, 0.29) is 18.7 Å². The predicted octanol–water partition coefficient (Wildman–Crippen LogP) is 5.98. The molecule has 3 heterocycles. The predicted molar refractivity (Wildman–Crippen MR) is 148 cm³/mol. The van der Waals surface area contributed by atoms with Crippen molar-refractivity contribution in [2.45, 2.75) is 20.4 Å². The van der Waals surface area contributed by atoms with Gasteiger partial charge in [-0.1, -0.05) is 60.2 Å². The maximum atomic E-state index is 13.1. The van der Waals surface area contributed by atoms with Gasteiger partial charge >= 0.3 is 5.97 Å². The van der Waals surface area contributed by atoms with E-state index in [1.54, 1.807) is 6.92 Å². The Balaban J connectivity index is 1.41. The van der Waals surface area contributed by atoms with E-state index >= 15 is 0 Å². The van der Waals surface area contributed by atoms with Gasteiger partial charge in [-0.3, -0.25) is 14.2 Å². The molecule has 0 bridgehead atoms. The number of fused-ring (bicyclic) bond motifs is 1. The lowest BCUT2D eigenvalue weighted by atomic mass is 10.0. The SMILES string of the molecule is CCOC(=O)c1c(-c2ccc(C)cc2)csc1NC(=O)Cn1cnc2sc(-c3ccccc3)cc2c1=O. The van der Waals surface area contributed by atoms with Crippen molar-refractivity contribution < 1.29 is 14.3 Å². The highest BCUT2D eigenvalue weighted by molar-refractivity contribution is 7.21. The lowest BCUT2D eigenvalue weighted by Crippen LogP contribution is -2.27. The molecular weight excluding hydrogens is 506 g/mol. The third kappa shape index (κ3) is 5.09. The standard InChI is InChI=1S/C28H23N3O4S2/c1-3-35-28(34)24-21(18-11-9-17(2)10-12-18)15-36-26(24)30-23(32)14-31-16-29-25-20(27(31)33)13-22(37-25)19-7-5-4-6-8-19/h4-13,15-16H,3,14H2,1-2H3,(H,30,32). The lowest BCUT2D eigenvalue weighted by Gasteiger charge is -2.10. The number of nitrogens with zero attached hydrogens (tertiary/aromatic N) is 2. The minimum Gasteiger partial charge on any atom is -0.462 e. The molecule has 5 rings (SSSR count). The number of esters is 1. The maximum absolute atomic E-state index is 13.1. The monoisotopic (exact) mass is 529 g/mol. The van der Waals surface area contributed by atoms with Crippen LogP contribution in [0.4, 0.5) is 5.00 Å². The molecule has 0 aliphatic heterocycles. The second kappa shape index (κ2) is 10.5. The molecule has 3 aromatic heterocycles. The summed E-state index contributed by atoms with van der Waals surface area (Å²) >= 11 is 2.67. The molecule has 5 aromatic rings. The number of anilines is 1. The Morgan fingerprint density at radius 1 is 1.05 bits per heavy atom. The van der Waals surface area contributed by atoms with E-state index in [1.807, 2.05) is 73.0 Å². The van der Waals surface area contributed by atoms with E-state index in [2.05, 4.69) is 10.3 Å². The van der Waals surface area contributed by atoms with E-state index < -0.39 is 11.9 Å². The highest BCUT2D eigenvalue weighted by Gasteiger charge is 2.23. The third-order valence-electron chi connectivity index (χ3n) is 5.78. The van der Waals surface area contributed by atoms with Crippen LogP contribution >= 0.6 is 22.7 Å². The largest absolute Gasteiger partial charge is 0.462 e. The first-order chi connectivity index (χ1) is 17.9. The second-order valence-corrected chi connectivity index (χ2v) is 10.3. The first-order valence-corrected chi connectivity index (χ1v) is 13.3. The zero-order valence-corrected chi connectivity index (χ0v) is 21.8. The molecule has 1 N–H and O–H groups in total. The first kappa shape index (κ1) is 24.6. The molecule has 2 aromatic carbocycles. The quantitative estimate of drug-likeness (QED) is 0.262. The highest BCUT2D eigenvalue weighted by Crippen LogP contribution is 2.36. The highest BCUT2D eigenvalue weighted by atomic mass is 32.1. The van der Waals surface area contributed by atoms with Crippen molar-refractivity contribution in [2.24, 2.45) is 0 Å². The van der Waals surface area contributed by atoms with Crippen LogP contribution in [0.5, 0.6) is 0 Å². The number of aromatic nitrogens is 2. The number of ether oxygens (including phenoxy) is 1. The number of carbonyl (C=O) groups excluding carboxylic acids is 2. The summed E-state index contributed by atoms with van der Waals surface area (Å²) in [6.07, 6.45) is 1.38. The van der Waals surface area contributed by atoms with Gasteiger partial charge in [0.2, 0.25) is 5.91 Å². The minimum atomic E-state index is -0.512. The number of carbonyl (C=O) groups is 2. The molecule has 0 unspecified atom stereocenters. The van der Waals surface area contributed by atoms with Gasteiger partial charge < -0.3 is 10.1 Å². The fraction of sp³-hybridized carbons (Fsp3) is 0.143. The molecule has 0 saturated carbocycles. The van der Waals surface area contributed by atoms with E-state index in [0.717, 1.165) is 21.6 Å². The van der Waals surface area contributed by atoms with Gasteiger partial charge in [-0.25, -0.2) is 9.78 Å². The zero-order valence-electron chi connectivity index (χ0n) is 20.2. The van der Waals surface area contributed by atoms with Crippen molar-refractivity contribution >= 4 is 49.8 Å². The summed E-state index contributed by atoms with van der Waals surface area (Å²) < 4.78 is 6.55. The van der Waals surface area contributed by atoms with Crippen LogP contribution in [0, 0.1) is 6.92 Å². The minimum absolute atomic E-state index is 0.210. The number of rotatable bonds is 7. The Labute approximate surface area is 221 Å². The van der Waals surface area contributed by atoms with Gasteiger partial charge in [-0.2, -0.15) is 0 Å². The van der Waals surface area contributed by atoms with Crippen LogP contribution in [0.1, 0.15) is 22.8 Å². The molecule has 0 spiro atoms. The Kier molecular flexibility index (Phi) is 6.98. The maximum Gasteiger partial charge on any atom is 0.341 e. The molecule has 7 nitrogen and oxygen atoms in total. The molecule has 9 heteroatoms. The van der Waals surface area contributed by atoms with Crippen molar-refractivity contribution in [3.05, 3.63) is 93.9 Å². The first-order valence-electron chi connectivity index (χ1n) is 11.6. The zero-order chi connectivity index (χ0) is 25.9. The summed E-state index contributed by atoms with van der Waals surface area (Å²) in [7, 11) is 0. The van der Waals surface area contributed by atoms with Gasteiger partial charge in [0, 0.05) is 15.8 Å². The van der Waals surface area contributed by atoms with Crippen LogP contribution in [-0.2, 0) is 16.1 Å². The van der Waals surface area contributed by atoms with E-state index in [4.69, 9.17) is 4.74 Å². The summed E-state index contributed by atoms with van der Waals surface area (Å²) in [4.78, 5) is 44.9. The summed E-state index contributed by atoms with van der Waals surface area (Å²) in [6, 6.07) is 19.4. The topological polar surface area (TPSA) is 90.3 Å². The van der Waals surface area contributed by atoms with Crippen LogP contribution in [-0.4, -0.2) is 28.0 Å². The van der Waals surface area contributed by atoms with E-state index in [0.29, 0.717) is 26.3 Å². The number of hydrogen-bond acceptors (Lipinski definition) is 7. The Bertz CT molecular complexity index is 1650. The van der Waals surface area contributed by atoms with Crippen molar-refractivity contribution in [3.63, 3.8) is 0 Å². The second-order valence-electron chi connectivity index (χ2n) is 8.36. The lowest BCUT2D eigenvalue weighted by molar-refractivity contribution is -0.116. The molecule has 37 heavy (non-hydrogen) atoms. The van der Waals surface area contributed by atoms with Gasteiger partial charge in [0.15, 0.2) is 0 Å². The Morgan fingerprint density at radius 3 is 2.54 bits per heavy atom. The van der Waals surface area contributed by atoms with Gasteiger partial charge in [0.05, 0.1) is 18.3 Å².